The zero-order valence-corrected chi connectivity index (χ0v) is 10.8. The highest BCUT2D eigenvalue weighted by atomic mass is 16.3. The number of aromatic nitrogens is 4. The normalized spacial score (nSPS) is 11.3. The van der Waals surface area contributed by atoms with Crippen molar-refractivity contribution in [2.45, 2.75) is 19.8 Å². The zero-order valence-electron chi connectivity index (χ0n) is 10.8. The number of hydrogen-bond acceptors (Lipinski definition) is 4. The SMILES string of the molecule is CC(C)c1cnn2c(O)cc(-c3cccnc3)nc12. The van der Waals surface area contributed by atoms with Crippen molar-refractivity contribution >= 4 is 5.65 Å². The molecule has 0 aliphatic rings. The summed E-state index contributed by atoms with van der Waals surface area (Å²) >= 11 is 0. The minimum absolute atomic E-state index is 0.0794. The van der Waals surface area contributed by atoms with E-state index < -0.39 is 0 Å². The van der Waals surface area contributed by atoms with Gasteiger partial charge in [0.25, 0.3) is 0 Å². The molecule has 0 aromatic carbocycles. The van der Waals surface area contributed by atoms with Crippen molar-refractivity contribution in [2.75, 3.05) is 0 Å². The van der Waals surface area contributed by atoms with Crippen LogP contribution in [0, 0.1) is 0 Å². The van der Waals surface area contributed by atoms with Gasteiger partial charge in [-0.05, 0) is 18.1 Å². The maximum Gasteiger partial charge on any atom is 0.216 e. The van der Waals surface area contributed by atoms with E-state index in [9.17, 15) is 5.11 Å². The average molecular weight is 254 g/mol. The van der Waals surface area contributed by atoms with E-state index in [-0.39, 0.29) is 5.88 Å². The maximum absolute atomic E-state index is 10.0. The van der Waals surface area contributed by atoms with E-state index >= 15 is 0 Å². The predicted octanol–water partition coefficient (Wildman–Crippen LogP) is 2.62. The van der Waals surface area contributed by atoms with Crippen molar-refractivity contribution in [1.29, 1.82) is 0 Å². The van der Waals surface area contributed by atoms with E-state index in [4.69, 9.17) is 0 Å². The lowest BCUT2D eigenvalue weighted by Crippen LogP contribution is -1.96. The number of hydrogen-bond donors (Lipinski definition) is 1. The van der Waals surface area contributed by atoms with Crippen LogP contribution in [0.25, 0.3) is 16.9 Å². The third-order valence-corrected chi connectivity index (χ3v) is 3.06. The molecule has 0 fully saturated rings. The van der Waals surface area contributed by atoms with Gasteiger partial charge >= 0.3 is 0 Å². The number of fused-ring (bicyclic) bond motifs is 1. The molecule has 0 aliphatic carbocycles. The van der Waals surface area contributed by atoms with Gasteiger partial charge in [0.2, 0.25) is 5.88 Å². The summed E-state index contributed by atoms with van der Waals surface area (Å²) in [5.74, 6) is 0.379. The Morgan fingerprint density at radius 3 is 2.79 bits per heavy atom. The van der Waals surface area contributed by atoms with Crippen LogP contribution in [0.3, 0.4) is 0 Å². The van der Waals surface area contributed by atoms with Gasteiger partial charge in [0.15, 0.2) is 5.65 Å². The molecule has 19 heavy (non-hydrogen) atoms. The van der Waals surface area contributed by atoms with Gasteiger partial charge in [0.05, 0.1) is 11.9 Å². The van der Waals surface area contributed by atoms with Crippen LogP contribution in [-0.4, -0.2) is 24.7 Å². The van der Waals surface area contributed by atoms with Crippen LogP contribution in [0.4, 0.5) is 0 Å². The number of pyridine rings is 1. The van der Waals surface area contributed by atoms with Gasteiger partial charge in [-0.1, -0.05) is 13.8 Å². The van der Waals surface area contributed by atoms with Gasteiger partial charge in [-0.3, -0.25) is 4.98 Å². The van der Waals surface area contributed by atoms with Gasteiger partial charge in [0.1, 0.15) is 0 Å². The monoisotopic (exact) mass is 254 g/mol. The van der Waals surface area contributed by atoms with Gasteiger partial charge in [-0.25, -0.2) is 4.98 Å². The van der Waals surface area contributed by atoms with E-state index in [1.54, 1.807) is 24.7 Å². The van der Waals surface area contributed by atoms with Crippen molar-refractivity contribution in [3.05, 3.63) is 42.4 Å². The van der Waals surface area contributed by atoms with E-state index in [2.05, 4.69) is 28.9 Å². The number of aromatic hydroxyl groups is 1. The molecule has 0 bridgehead atoms. The summed E-state index contributed by atoms with van der Waals surface area (Å²) in [5.41, 5.74) is 3.27. The molecule has 0 spiro atoms. The Bertz CT molecular complexity index is 719. The molecule has 0 saturated heterocycles. The Morgan fingerprint density at radius 1 is 1.26 bits per heavy atom. The van der Waals surface area contributed by atoms with E-state index in [1.807, 2.05) is 12.1 Å². The Hall–Kier alpha value is -2.43. The Labute approximate surface area is 110 Å². The molecule has 0 amide bonds. The minimum Gasteiger partial charge on any atom is -0.493 e. The Morgan fingerprint density at radius 2 is 2.11 bits per heavy atom. The van der Waals surface area contributed by atoms with Crippen LogP contribution in [0.15, 0.2) is 36.8 Å². The fraction of sp³-hybridized carbons (Fsp3) is 0.214. The topological polar surface area (TPSA) is 63.3 Å². The fourth-order valence-corrected chi connectivity index (χ4v) is 2.03. The quantitative estimate of drug-likeness (QED) is 0.763. The molecular weight excluding hydrogens is 240 g/mol. The van der Waals surface area contributed by atoms with Crippen LogP contribution in [0.1, 0.15) is 25.3 Å². The molecule has 3 aromatic rings. The lowest BCUT2D eigenvalue weighted by molar-refractivity contribution is 0.435. The molecule has 0 atom stereocenters. The largest absolute Gasteiger partial charge is 0.493 e. The molecule has 0 saturated carbocycles. The van der Waals surface area contributed by atoms with E-state index in [0.29, 0.717) is 17.3 Å². The van der Waals surface area contributed by atoms with Crippen molar-refractivity contribution in [3.8, 4) is 17.1 Å². The first-order valence-corrected chi connectivity index (χ1v) is 6.15. The van der Waals surface area contributed by atoms with Crippen molar-refractivity contribution in [3.63, 3.8) is 0 Å². The van der Waals surface area contributed by atoms with Crippen molar-refractivity contribution in [2.24, 2.45) is 0 Å². The molecule has 3 heterocycles. The lowest BCUT2D eigenvalue weighted by atomic mass is 10.1. The molecule has 0 aliphatic heterocycles. The van der Waals surface area contributed by atoms with Crippen molar-refractivity contribution in [1.82, 2.24) is 19.6 Å². The smallest absolute Gasteiger partial charge is 0.216 e. The first kappa shape index (κ1) is 11.6. The van der Waals surface area contributed by atoms with Crippen LogP contribution in [0.2, 0.25) is 0 Å². The highest BCUT2D eigenvalue weighted by Gasteiger charge is 2.13. The highest BCUT2D eigenvalue weighted by Crippen LogP contribution is 2.26. The standard InChI is InChI=1S/C14H14N4O/c1-9(2)11-8-16-18-13(19)6-12(17-14(11)18)10-4-3-5-15-7-10/h3-9,19H,1-2H3. The summed E-state index contributed by atoms with van der Waals surface area (Å²) in [6.07, 6.45) is 5.18. The van der Waals surface area contributed by atoms with Crippen LogP contribution >= 0.6 is 0 Å². The molecule has 5 nitrogen and oxygen atoms in total. The molecule has 96 valence electrons. The van der Waals surface area contributed by atoms with Crippen molar-refractivity contribution < 1.29 is 5.11 Å². The molecular formula is C14H14N4O. The first-order chi connectivity index (χ1) is 9.16. The third kappa shape index (κ3) is 1.93. The minimum atomic E-state index is 0.0794. The van der Waals surface area contributed by atoms with Gasteiger partial charge in [-0.15, -0.1) is 0 Å². The second-order valence-electron chi connectivity index (χ2n) is 4.73. The summed E-state index contributed by atoms with van der Waals surface area (Å²) in [4.78, 5) is 8.66. The van der Waals surface area contributed by atoms with Gasteiger partial charge in [0, 0.05) is 29.6 Å². The summed E-state index contributed by atoms with van der Waals surface area (Å²) in [6, 6.07) is 5.36. The summed E-state index contributed by atoms with van der Waals surface area (Å²) in [6.45, 7) is 4.15. The second kappa shape index (κ2) is 4.35. The highest BCUT2D eigenvalue weighted by molar-refractivity contribution is 5.64. The Balaban J connectivity index is 2.26. The van der Waals surface area contributed by atoms with E-state index in [1.165, 1.54) is 4.52 Å². The number of nitrogens with zero attached hydrogens (tertiary/aromatic N) is 4. The zero-order chi connectivity index (χ0) is 13.4. The first-order valence-electron chi connectivity index (χ1n) is 6.15. The molecule has 3 aromatic heterocycles. The van der Waals surface area contributed by atoms with Crippen LogP contribution in [-0.2, 0) is 0 Å². The average Bonchev–Trinajstić information content (AvgIpc) is 2.84. The molecule has 0 unspecified atom stereocenters. The summed E-state index contributed by atoms with van der Waals surface area (Å²) in [7, 11) is 0. The van der Waals surface area contributed by atoms with Crippen LogP contribution in [0.5, 0.6) is 5.88 Å². The molecule has 1 N–H and O–H groups in total. The van der Waals surface area contributed by atoms with Crippen LogP contribution < -0.4 is 0 Å². The molecule has 5 heteroatoms. The second-order valence-corrected chi connectivity index (χ2v) is 4.73. The molecule has 3 rings (SSSR count). The Kier molecular flexibility index (Phi) is 2.67. The predicted molar refractivity (Wildman–Crippen MR) is 72.0 cm³/mol. The van der Waals surface area contributed by atoms with Gasteiger partial charge in [-0.2, -0.15) is 9.61 Å². The third-order valence-electron chi connectivity index (χ3n) is 3.06. The lowest BCUT2D eigenvalue weighted by Gasteiger charge is -2.06. The van der Waals surface area contributed by atoms with E-state index in [0.717, 1.165) is 11.1 Å². The maximum atomic E-state index is 10.0. The van der Waals surface area contributed by atoms with Gasteiger partial charge < -0.3 is 5.11 Å². The fourth-order valence-electron chi connectivity index (χ4n) is 2.03. The molecule has 0 radical (unpaired) electrons. The summed E-state index contributed by atoms with van der Waals surface area (Å²) < 4.78 is 1.45. The summed E-state index contributed by atoms with van der Waals surface area (Å²) in [5, 5.41) is 14.2. The number of rotatable bonds is 2.